The Hall–Kier alpha value is -4.86. The van der Waals surface area contributed by atoms with Crippen molar-refractivity contribution in [1.82, 2.24) is 4.58 Å². The van der Waals surface area contributed by atoms with Crippen molar-refractivity contribution in [3.63, 3.8) is 0 Å². The van der Waals surface area contributed by atoms with Crippen LogP contribution in [0.4, 0.5) is 18.9 Å². The number of benzene rings is 3. The molecule has 3 aliphatic heterocycles. The first-order chi connectivity index (χ1) is 20.9. The second-order valence-corrected chi connectivity index (χ2v) is 13.0. The van der Waals surface area contributed by atoms with Gasteiger partial charge in [0.25, 0.3) is 0 Å². The molecule has 0 aliphatic carbocycles. The number of hydrogen-bond acceptors (Lipinski definition) is 4. The summed E-state index contributed by atoms with van der Waals surface area (Å²) in [5.41, 5.74) is -0.422. The van der Waals surface area contributed by atoms with E-state index in [2.05, 4.69) is 0 Å². The van der Waals surface area contributed by atoms with E-state index in [-0.39, 0.29) is 38.9 Å². The highest BCUT2D eigenvalue weighted by Crippen LogP contribution is 2.47. The molecule has 3 aromatic carbocycles. The monoisotopic (exact) mass is 617 g/mol. The van der Waals surface area contributed by atoms with Crippen LogP contribution in [0.5, 0.6) is 11.5 Å². The average Bonchev–Trinajstić information content (AvgIpc) is 2.93. The van der Waals surface area contributed by atoms with Crippen LogP contribution in [0.1, 0.15) is 84.5 Å². The summed E-state index contributed by atoms with van der Waals surface area (Å²) in [7, 11) is 3.82. The van der Waals surface area contributed by atoms with Crippen molar-refractivity contribution >= 4 is 34.3 Å². The molecule has 10 heteroatoms. The predicted molar refractivity (Wildman–Crippen MR) is 165 cm³/mol. The van der Waals surface area contributed by atoms with E-state index in [4.69, 9.17) is 4.74 Å². The molecule has 0 saturated carbocycles. The Morgan fingerprint density at radius 1 is 0.800 bits per heavy atom. The van der Waals surface area contributed by atoms with Gasteiger partial charge in [0.2, 0.25) is 5.36 Å². The SMILES string of the molecule is CC1=CC(C)(C)N(C)c2cc3c(cc21)C(c1c(F)c(C(=O)O)c(F)c(F)c1C(=O)O)=c1cc2c(cc1O3)=[N+](C)C(C)(C)C=C2C. The molecule has 0 atom stereocenters. The van der Waals surface area contributed by atoms with Crippen LogP contribution in [-0.4, -0.2) is 47.3 Å². The highest BCUT2D eigenvalue weighted by Gasteiger charge is 2.39. The molecule has 0 aromatic heterocycles. The number of halogens is 3. The average molecular weight is 618 g/mol. The number of rotatable bonds is 3. The van der Waals surface area contributed by atoms with Crippen molar-refractivity contribution in [2.24, 2.45) is 0 Å². The molecule has 6 rings (SSSR count). The van der Waals surface area contributed by atoms with Gasteiger partial charge in [-0.05, 0) is 57.0 Å². The van der Waals surface area contributed by atoms with Gasteiger partial charge in [0.15, 0.2) is 17.2 Å². The molecule has 3 aromatic rings. The first-order valence-corrected chi connectivity index (χ1v) is 14.3. The first kappa shape index (κ1) is 30.2. The number of hydrogen-bond donors (Lipinski definition) is 2. The summed E-state index contributed by atoms with van der Waals surface area (Å²) in [6, 6.07) is 6.90. The van der Waals surface area contributed by atoms with Gasteiger partial charge in [-0.3, -0.25) is 0 Å². The molecule has 0 fully saturated rings. The number of fused-ring (bicyclic) bond motifs is 4. The first-order valence-electron chi connectivity index (χ1n) is 14.3. The number of nitrogens with zero attached hydrogens (tertiary/aromatic N) is 2. The fraction of sp³-hybridized carbons (Fsp3) is 0.286. The van der Waals surface area contributed by atoms with Crippen molar-refractivity contribution in [2.75, 3.05) is 19.0 Å². The molecule has 0 radical (unpaired) electrons. The maximum absolute atomic E-state index is 16.4. The van der Waals surface area contributed by atoms with E-state index in [9.17, 15) is 24.2 Å². The molecule has 2 N–H and O–H groups in total. The zero-order valence-corrected chi connectivity index (χ0v) is 26.1. The topological polar surface area (TPSA) is 90.1 Å². The summed E-state index contributed by atoms with van der Waals surface area (Å²) in [5, 5.41) is 20.8. The Morgan fingerprint density at radius 3 is 2.02 bits per heavy atom. The third kappa shape index (κ3) is 4.22. The highest BCUT2D eigenvalue weighted by atomic mass is 19.2. The van der Waals surface area contributed by atoms with E-state index in [1.165, 1.54) is 0 Å². The molecule has 0 bridgehead atoms. The molecule has 0 unspecified atom stereocenters. The summed E-state index contributed by atoms with van der Waals surface area (Å²) in [5.74, 6) is -9.34. The van der Waals surface area contributed by atoms with Crippen LogP contribution in [0, 0.1) is 17.5 Å². The lowest BCUT2D eigenvalue weighted by Crippen LogP contribution is -2.47. The van der Waals surface area contributed by atoms with Crippen molar-refractivity contribution < 1.29 is 37.7 Å². The zero-order chi connectivity index (χ0) is 33.1. The molecule has 0 amide bonds. The van der Waals surface area contributed by atoms with Gasteiger partial charge < -0.3 is 19.8 Å². The maximum atomic E-state index is 16.4. The zero-order valence-electron chi connectivity index (χ0n) is 26.1. The third-order valence-electron chi connectivity index (χ3n) is 9.39. The predicted octanol–water partition coefficient (Wildman–Crippen LogP) is 5.80. The normalized spacial score (nSPS) is 17.4. The van der Waals surface area contributed by atoms with Gasteiger partial charge in [0.1, 0.15) is 35.5 Å². The van der Waals surface area contributed by atoms with Crippen molar-refractivity contribution in [2.45, 2.75) is 52.6 Å². The largest absolute Gasteiger partial charge is 0.478 e. The molecule has 7 nitrogen and oxygen atoms in total. The summed E-state index contributed by atoms with van der Waals surface area (Å²) in [6.45, 7) is 12.0. The standard InChI is InChI=1S/C35H31F3N2O5/c1-15-13-34(3,4)39(7)21-11-23-19(9-17(15)21)25(26-27(32(41)42)30(37)31(38)28(29(26)36)33(43)44)20-10-18-16(2)14-35(5,6)40(8)22(18)12-24(20)45-23/h9-14H,1-8H3,(H-,41,42,43,44)/p+1. The van der Waals surface area contributed by atoms with E-state index >= 15 is 8.78 Å². The minimum absolute atomic E-state index is 0.117. The van der Waals surface area contributed by atoms with Crippen LogP contribution < -0.4 is 24.8 Å². The lowest BCUT2D eigenvalue weighted by molar-refractivity contribution is 0.0665. The number of allylic oxidation sites excluding steroid dienone is 2. The van der Waals surface area contributed by atoms with Crippen molar-refractivity contribution in [1.29, 1.82) is 0 Å². The Balaban J connectivity index is 1.86. The number of aromatic carboxylic acids is 2. The minimum Gasteiger partial charge on any atom is -0.478 e. The van der Waals surface area contributed by atoms with Gasteiger partial charge in [-0.15, -0.1) is 0 Å². The van der Waals surface area contributed by atoms with Gasteiger partial charge in [-0.2, -0.15) is 0 Å². The quantitative estimate of drug-likeness (QED) is 0.223. The molecule has 3 heterocycles. The Labute approximate surface area is 257 Å². The van der Waals surface area contributed by atoms with Crippen LogP contribution >= 0.6 is 0 Å². The maximum Gasteiger partial charge on any atom is 0.341 e. The Morgan fingerprint density at radius 2 is 1.40 bits per heavy atom. The lowest BCUT2D eigenvalue weighted by atomic mass is 9.83. The number of anilines is 1. The van der Waals surface area contributed by atoms with Gasteiger partial charge in [-0.25, -0.2) is 27.3 Å². The molecular weight excluding hydrogens is 585 g/mol. The second-order valence-electron chi connectivity index (χ2n) is 13.0. The van der Waals surface area contributed by atoms with Crippen LogP contribution in [0.25, 0.3) is 16.7 Å². The molecule has 0 saturated heterocycles. The van der Waals surface area contributed by atoms with Crippen LogP contribution in [0.15, 0.2) is 36.4 Å². The summed E-state index contributed by atoms with van der Waals surface area (Å²) in [6.07, 6.45) is 4.09. The second kappa shape index (κ2) is 9.57. The highest BCUT2D eigenvalue weighted by molar-refractivity contribution is 6.02. The molecule has 3 aliphatic rings. The number of carboxylic acids is 2. The van der Waals surface area contributed by atoms with E-state index in [0.29, 0.717) is 0 Å². The Kier molecular flexibility index (Phi) is 6.42. The molecule has 45 heavy (non-hydrogen) atoms. The van der Waals surface area contributed by atoms with Gasteiger partial charge in [-0.1, -0.05) is 6.08 Å². The van der Waals surface area contributed by atoms with E-state index < -0.39 is 46.1 Å². The third-order valence-corrected chi connectivity index (χ3v) is 9.39. The van der Waals surface area contributed by atoms with Gasteiger partial charge >= 0.3 is 11.9 Å². The number of carbonyl (C=O) groups is 2. The fourth-order valence-corrected chi connectivity index (χ4v) is 6.73. The fourth-order valence-electron chi connectivity index (χ4n) is 6.73. The number of likely N-dealkylation sites (N-methyl/N-ethyl adjacent to an activating group) is 2. The van der Waals surface area contributed by atoms with E-state index in [0.717, 1.165) is 33.3 Å². The minimum atomic E-state index is -2.09. The van der Waals surface area contributed by atoms with Crippen LogP contribution in [0.3, 0.4) is 0 Å². The number of ether oxygens (including phenoxy) is 1. The summed E-state index contributed by atoms with van der Waals surface area (Å²) < 4.78 is 55.3. The summed E-state index contributed by atoms with van der Waals surface area (Å²) >= 11 is 0. The molecule has 232 valence electrons. The molecule has 0 spiro atoms. The van der Waals surface area contributed by atoms with Gasteiger partial charge in [0, 0.05) is 65.7 Å². The van der Waals surface area contributed by atoms with Crippen LogP contribution in [-0.2, 0) is 0 Å². The van der Waals surface area contributed by atoms with Crippen molar-refractivity contribution in [3.05, 3.63) is 97.8 Å². The van der Waals surface area contributed by atoms with Gasteiger partial charge in [0.05, 0.1) is 11.6 Å². The smallest absolute Gasteiger partial charge is 0.341 e. The van der Waals surface area contributed by atoms with Crippen LogP contribution in [0.2, 0.25) is 0 Å². The van der Waals surface area contributed by atoms with Crippen molar-refractivity contribution in [3.8, 4) is 11.5 Å². The summed E-state index contributed by atoms with van der Waals surface area (Å²) in [4.78, 5) is 26.5. The molecular formula is C35H32F3N2O5+. The van der Waals surface area contributed by atoms with E-state index in [1.807, 2.05) is 77.3 Å². The lowest BCUT2D eigenvalue weighted by Gasteiger charge is -2.41. The van der Waals surface area contributed by atoms with E-state index in [1.54, 1.807) is 24.3 Å². The number of carboxylic acid groups (broad SMARTS) is 2. The Bertz CT molecular complexity index is 2130.